The molecule has 0 aliphatic heterocycles. The van der Waals surface area contributed by atoms with Gasteiger partial charge in [0.05, 0.1) is 17.4 Å². The molecule has 1 N–H and O–H groups in total. The maximum absolute atomic E-state index is 12.5. The fraction of sp³-hybridized carbons (Fsp3) is 0.333. The second-order valence-corrected chi connectivity index (χ2v) is 8.49. The molecule has 24 heavy (non-hydrogen) atoms. The Bertz CT molecular complexity index is 847. The number of halogens is 1. The summed E-state index contributed by atoms with van der Waals surface area (Å²) in [7, 11) is -3.80. The van der Waals surface area contributed by atoms with Gasteiger partial charge in [0.2, 0.25) is 0 Å². The molecule has 0 saturated carbocycles. The monoisotopic (exact) mass is 388 g/mol. The lowest BCUT2D eigenvalue weighted by molar-refractivity contribution is -0.146. The standard InChI is InChI=1S/C15H17ClN2O4S2/c1-9(2)22-14(19)7-11-8-17-15(23-11)18-24(20,21)13-6-4-5-12(16)10(13)3/h4-6,8-9H,7H2,1-3H3,(H,17,18). The van der Waals surface area contributed by atoms with Gasteiger partial charge in [-0.25, -0.2) is 13.4 Å². The molecular formula is C15H17ClN2O4S2. The molecule has 0 fully saturated rings. The lowest BCUT2D eigenvalue weighted by Crippen LogP contribution is -2.14. The van der Waals surface area contributed by atoms with Crippen LogP contribution in [0.3, 0.4) is 0 Å². The zero-order valence-electron chi connectivity index (χ0n) is 13.4. The smallest absolute Gasteiger partial charge is 0.311 e. The third kappa shape index (κ3) is 4.68. The minimum Gasteiger partial charge on any atom is -0.463 e. The highest BCUT2D eigenvalue weighted by atomic mass is 35.5. The van der Waals surface area contributed by atoms with E-state index in [1.165, 1.54) is 12.3 Å². The molecule has 0 bridgehead atoms. The number of sulfonamides is 1. The largest absolute Gasteiger partial charge is 0.463 e. The molecule has 0 amide bonds. The van der Waals surface area contributed by atoms with Gasteiger partial charge in [0.1, 0.15) is 0 Å². The van der Waals surface area contributed by atoms with Crippen LogP contribution in [0.25, 0.3) is 0 Å². The summed E-state index contributed by atoms with van der Waals surface area (Å²) in [6.45, 7) is 5.15. The normalized spacial score (nSPS) is 11.5. The Morgan fingerprint density at radius 2 is 2.12 bits per heavy atom. The van der Waals surface area contributed by atoms with Crippen LogP contribution in [-0.2, 0) is 26.0 Å². The highest BCUT2D eigenvalue weighted by molar-refractivity contribution is 7.93. The molecule has 2 rings (SSSR count). The first-order chi connectivity index (χ1) is 11.2. The number of nitrogens with one attached hydrogen (secondary N) is 1. The number of hydrogen-bond acceptors (Lipinski definition) is 6. The van der Waals surface area contributed by atoms with Gasteiger partial charge < -0.3 is 4.74 Å². The van der Waals surface area contributed by atoms with E-state index in [0.717, 1.165) is 11.3 Å². The highest BCUT2D eigenvalue weighted by Gasteiger charge is 2.20. The number of rotatable bonds is 6. The summed E-state index contributed by atoms with van der Waals surface area (Å²) < 4.78 is 32.4. The molecule has 0 radical (unpaired) electrons. The van der Waals surface area contributed by atoms with Gasteiger partial charge in [0.25, 0.3) is 10.0 Å². The number of esters is 1. The third-order valence-corrected chi connectivity index (χ3v) is 5.90. The second kappa shape index (κ2) is 7.50. The molecule has 0 spiro atoms. The van der Waals surface area contributed by atoms with E-state index in [0.29, 0.717) is 15.5 Å². The lowest BCUT2D eigenvalue weighted by Gasteiger charge is -2.09. The average molecular weight is 389 g/mol. The minimum atomic E-state index is -3.80. The van der Waals surface area contributed by atoms with Gasteiger partial charge in [-0.1, -0.05) is 17.7 Å². The zero-order chi connectivity index (χ0) is 17.9. The van der Waals surface area contributed by atoms with Crippen LogP contribution in [0, 0.1) is 6.92 Å². The van der Waals surface area contributed by atoms with Gasteiger partial charge in [-0.05, 0) is 38.5 Å². The predicted octanol–water partition coefficient (Wildman–Crippen LogP) is 3.40. The van der Waals surface area contributed by atoms with Crippen molar-refractivity contribution in [2.75, 3.05) is 4.72 Å². The second-order valence-electron chi connectivity index (χ2n) is 5.32. The van der Waals surface area contributed by atoms with Gasteiger partial charge in [-0.15, -0.1) is 11.3 Å². The fourth-order valence-electron chi connectivity index (χ4n) is 1.93. The van der Waals surface area contributed by atoms with Crippen molar-refractivity contribution < 1.29 is 17.9 Å². The fourth-order valence-corrected chi connectivity index (χ4v) is 4.47. The van der Waals surface area contributed by atoms with E-state index < -0.39 is 10.0 Å². The van der Waals surface area contributed by atoms with Gasteiger partial charge in [0, 0.05) is 16.1 Å². The van der Waals surface area contributed by atoms with Crippen LogP contribution in [0.2, 0.25) is 5.02 Å². The first-order valence-corrected chi connectivity index (χ1v) is 9.79. The maximum atomic E-state index is 12.5. The molecular weight excluding hydrogens is 372 g/mol. The van der Waals surface area contributed by atoms with E-state index in [9.17, 15) is 13.2 Å². The molecule has 2 aromatic rings. The van der Waals surface area contributed by atoms with Gasteiger partial charge in [-0.3, -0.25) is 9.52 Å². The van der Waals surface area contributed by atoms with E-state index in [1.54, 1.807) is 32.9 Å². The first kappa shape index (κ1) is 18.7. The molecule has 1 aromatic heterocycles. The Balaban J connectivity index is 2.14. The lowest BCUT2D eigenvalue weighted by atomic mass is 10.2. The molecule has 0 aliphatic rings. The zero-order valence-corrected chi connectivity index (χ0v) is 15.8. The van der Waals surface area contributed by atoms with Crippen molar-refractivity contribution >= 4 is 44.1 Å². The number of anilines is 1. The number of benzene rings is 1. The molecule has 0 aliphatic carbocycles. The number of carbonyl (C=O) groups excluding carboxylic acids is 1. The average Bonchev–Trinajstić information content (AvgIpc) is 2.86. The SMILES string of the molecule is Cc1c(Cl)cccc1S(=O)(=O)Nc1ncc(CC(=O)OC(C)C)s1. The number of nitrogens with zero attached hydrogens (tertiary/aromatic N) is 1. The molecule has 0 unspecified atom stereocenters. The summed E-state index contributed by atoms with van der Waals surface area (Å²) in [5.41, 5.74) is 0.462. The Kier molecular flexibility index (Phi) is 5.84. The Morgan fingerprint density at radius 3 is 2.79 bits per heavy atom. The van der Waals surface area contributed by atoms with Crippen molar-refractivity contribution in [2.24, 2.45) is 0 Å². The molecule has 6 nitrogen and oxygen atoms in total. The molecule has 0 atom stereocenters. The summed E-state index contributed by atoms with van der Waals surface area (Å²) in [5.74, 6) is -0.381. The molecule has 0 saturated heterocycles. The summed E-state index contributed by atoms with van der Waals surface area (Å²) in [6, 6.07) is 4.66. The van der Waals surface area contributed by atoms with E-state index in [2.05, 4.69) is 9.71 Å². The van der Waals surface area contributed by atoms with E-state index in [4.69, 9.17) is 16.3 Å². The van der Waals surface area contributed by atoms with Crippen molar-refractivity contribution in [2.45, 2.75) is 38.2 Å². The topological polar surface area (TPSA) is 85.4 Å². The van der Waals surface area contributed by atoms with E-state index >= 15 is 0 Å². The van der Waals surface area contributed by atoms with Crippen LogP contribution in [0.15, 0.2) is 29.3 Å². The summed E-state index contributed by atoms with van der Waals surface area (Å²) in [4.78, 5) is 16.3. The van der Waals surface area contributed by atoms with Crippen LogP contribution in [0.4, 0.5) is 5.13 Å². The van der Waals surface area contributed by atoms with Crippen molar-refractivity contribution in [3.8, 4) is 0 Å². The maximum Gasteiger partial charge on any atom is 0.311 e. The Hall–Kier alpha value is -1.64. The van der Waals surface area contributed by atoms with E-state index in [1.807, 2.05) is 0 Å². The predicted molar refractivity (Wildman–Crippen MR) is 94.0 cm³/mol. The minimum absolute atomic E-state index is 0.0494. The summed E-state index contributed by atoms with van der Waals surface area (Å²) in [6.07, 6.45) is 1.30. The number of aromatic nitrogens is 1. The number of hydrogen-bond donors (Lipinski definition) is 1. The molecule has 9 heteroatoms. The molecule has 130 valence electrons. The Labute approximate surface area is 149 Å². The van der Waals surface area contributed by atoms with Gasteiger partial charge in [0.15, 0.2) is 5.13 Å². The van der Waals surface area contributed by atoms with Crippen LogP contribution >= 0.6 is 22.9 Å². The molecule has 1 heterocycles. The van der Waals surface area contributed by atoms with E-state index in [-0.39, 0.29) is 28.5 Å². The number of carbonyl (C=O) groups is 1. The van der Waals surface area contributed by atoms with Gasteiger partial charge >= 0.3 is 5.97 Å². The van der Waals surface area contributed by atoms with Crippen LogP contribution in [0.1, 0.15) is 24.3 Å². The van der Waals surface area contributed by atoms with Crippen molar-refractivity contribution in [3.63, 3.8) is 0 Å². The van der Waals surface area contributed by atoms with Crippen LogP contribution in [0.5, 0.6) is 0 Å². The van der Waals surface area contributed by atoms with Gasteiger partial charge in [-0.2, -0.15) is 0 Å². The summed E-state index contributed by atoms with van der Waals surface area (Å²) >= 11 is 7.05. The summed E-state index contributed by atoms with van der Waals surface area (Å²) in [5, 5.41) is 0.552. The third-order valence-electron chi connectivity index (χ3n) is 2.97. The number of ether oxygens (including phenoxy) is 1. The first-order valence-electron chi connectivity index (χ1n) is 7.11. The Morgan fingerprint density at radius 1 is 1.42 bits per heavy atom. The highest BCUT2D eigenvalue weighted by Crippen LogP contribution is 2.26. The number of thiazole rings is 1. The van der Waals surface area contributed by atoms with Crippen molar-refractivity contribution in [1.29, 1.82) is 0 Å². The quantitative estimate of drug-likeness (QED) is 0.766. The van der Waals surface area contributed by atoms with Crippen molar-refractivity contribution in [1.82, 2.24) is 4.98 Å². The van der Waals surface area contributed by atoms with Crippen molar-refractivity contribution in [3.05, 3.63) is 39.9 Å². The van der Waals surface area contributed by atoms with Crippen LogP contribution in [-0.4, -0.2) is 25.5 Å². The van der Waals surface area contributed by atoms with Crippen LogP contribution < -0.4 is 4.72 Å². The molecule has 1 aromatic carbocycles.